The minimum absolute atomic E-state index is 0.189. The molecule has 0 fully saturated rings. The number of carbonyl (C=O) groups excluding carboxylic acids is 1. The van der Waals surface area contributed by atoms with Crippen LogP contribution < -0.4 is 11.1 Å². The first-order chi connectivity index (χ1) is 7.59. The maximum Gasteiger partial charge on any atom is 0.247 e. The van der Waals surface area contributed by atoms with E-state index in [1.54, 1.807) is 6.26 Å². The van der Waals surface area contributed by atoms with Crippen LogP contribution in [-0.2, 0) is 11.2 Å². The van der Waals surface area contributed by atoms with Crippen molar-refractivity contribution < 1.29 is 14.3 Å². The molecule has 4 N–H and O–H groups in total. The predicted octanol–water partition coefficient (Wildman–Crippen LogP) is 0.0365. The molecule has 0 aliphatic heterocycles. The maximum atomic E-state index is 10.6. The minimum atomic E-state index is -1.12. The van der Waals surface area contributed by atoms with Gasteiger partial charge in [-0.3, -0.25) is 4.79 Å². The van der Waals surface area contributed by atoms with Crippen molar-refractivity contribution in [1.82, 2.24) is 5.32 Å². The number of nitrogens with one attached hydrogen (secondary N) is 1. The maximum absolute atomic E-state index is 10.6. The van der Waals surface area contributed by atoms with E-state index in [9.17, 15) is 9.90 Å². The number of furan rings is 1. The lowest BCUT2D eigenvalue weighted by Crippen LogP contribution is -2.40. The molecule has 0 aliphatic rings. The molecule has 2 atom stereocenters. The van der Waals surface area contributed by atoms with Crippen molar-refractivity contribution in [2.45, 2.75) is 31.9 Å². The summed E-state index contributed by atoms with van der Waals surface area (Å²) in [5, 5.41) is 12.2. The third kappa shape index (κ3) is 4.46. The van der Waals surface area contributed by atoms with Crippen molar-refractivity contribution in [2.75, 3.05) is 6.54 Å². The molecule has 0 aliphatic carbocycles. The van der Waals surface area contributed by atoms with Gasteiger partial charge >= 0.3 is 0 Å². The highest BCUT2D eigenvalue weighted by Gasteiger charge is 2.12. The Morgan fingerprint density at radius 1 is 1.69 bits per heavy atom. The van der Waals surface area contributed by atoms with Crippen LogP contribution >= 0.6 is 0 Å². The van der Waals surface area contributed by atoms with Gasteiger partial charge in [-0.2, -0.15) is 0 Å². The van der Waals surface area contributed by atoms with Gasteiger partial charge in [0, 0.05) is 19.0 Å². The first-order valence-electron chi connectivity index (χ1n) is 5.32. The topological polar surface area (TPSA) is 88.5 Å². The normalized spacial score (nSPS) is 14.6. The Kier molecular flexibility index (Phi) is 5.01. The van der Waals surface area contributed by atoms with Gasteiger partial charge in [0.15, 0.2) is 0 Å². The van der Waals surface area contributed by atoms with Crippen molar-refractivity contribution in [3.8, 4) is 0 Å². The number of hydrogen-bond donors (Lipinski definition) is 3. The molecule has 0 saturated carbocycles. The Labute approximate surface area is 94.6 Å². The zero-order valence-corrected chi connectivity index (χ0v) is 9.35. The predicted molar refractivity (Wildman–Crippen MR) is 59.7 cm³/mol. The van der Waals surface area contributed by atoms with Gasteiger partial charge in [0.2, 0.25) is 5.91 Å². The second-order valence-corrected chi connectivity index (χ2v) is 3.85. The molecule has 90 valence electrons. The fraction of sp³-hybridized carbons (Fsp3) is 0.545. The lowest BCUT2D eigenvalue weighted by molar-refractivity contribution is -0.125. The van der Waals surface area contributed by atoms with Gasteiger partial charge in [-0.1, -0.05) is 0 Å². The van der Waals surface area contributed by atoms with Crippen molar-refractivity contribution >= 4 is 5.91 Å². The third-order valence-electron chi connectivity index (χ3n) is 2.39. The molecule has 5 nitrogen and oxygen atoms in total. The van der Waals surface area contributed by atoms with Crippen molar-refractivity contribution in [1.29, 1.82) is 0 Å². The second-order valence-electron chi connectivity index (χ2n) is 3.85. The molecular weight excluding hydrogens is 208 g/mol. The zero-order valence-electron chi connectivity index (χ0n) is 9.35. The Balaban J connectivity index is 2.16. The summed E-state index contributed by atoms with van der Waals surface area (Å²) in [7, 11) is 0. The van der Waals surface area contributed by atoms with Gasteiger partial charge in [-0.05, 0) is 25.5 Å². The van der Waals surface area contributed by atoms with E-state index in [0.29, 0.717) is 0 Å². The van der Waals surface area contributed by atoms with E-state index in [1.807, 2.05) is 19.1 Å². The molecule has 1 amide bonds. The second kappa shape index (κ2) is 6.30. The van der Waals surface area contributed by atoms with Gasteiger partial charge < -0.3 is 20.6 Å². The summed E-state index contributed by atoms with van der Waals surface area (Å²) in [4.78, 5) is 10.6. The number of aliphatic hydroxyl groups is 1. The molecule has 0 bridgehead atoms. The number of rotatable bonds is 7. The van der Waals surface area contributed by atoms with Gasteiger partial charge in [0.1, 0.15) is 11.9 Å². The highest BCUT2D eigenvalue weighted by molar-refractivity contribution is 5.78. The van der Waals surface area contributed by atoms with Gasteiger partial charge in [0.25, 0.3) is 0 Å². The molecule has 0 spiro atoms. The van der Waals surface area contributed by atoms with Crippen molar-refractivity contribution in [2.24, 2.45) is 5.73 Å². The van der Waals surface area contributed by atoms with Crippen LogP contribution in [0.2, 0.25) is 0 Å². The van der Waals surface area contributed by atoms with Crippen LogP contribution in [0.4, 0.5) is 0 Å². The number of carbonyl (C=O) groups is 1. The molecular formula is C11H18N2O3. The highest BCUT2D eigenvalue weighted by atomic mass is 16.3. The molecule has 0 aromatic carbocycles. The summed E-state index contributed by atoms with van der Waals surface area (Å²) in [5.74, 6) is 0.231. The summed E-state index contributed by atoms with van der Waals surface area (Å²) in [6.45, 7) is 2.17. The van der Waals surface area contributed by atoms with Crippen LogP contribution in [0.1, 0.15) is 19.1 Å². The standard InChI is InChI=1S/C11H18N2O3/c1-8(13-7-10(14)11(12)15)4-5-9-3-2-6-16-9/h2-3,6,8,10,13-14H,4-5,7H2,1H3,(H2,12,15). The molecule has 1 heterocycles. The SMILES string of the molecule is CC(CCc1ccco1)NCC(O)C(N)=O. The van der Waals surface area contributed by atoms with E-state index >= 15 is 0 Å². The van der Waals surface area contributed by atoms with Gasteiger partial charge in [-0.15, -0.1) is 0 Å². The van der Waals surface area contributed by atoms with Crippen LogP contribution in [0.25, 0.3) is 0 Å². The first-order valence-corrected chi connectivity index (χ1v) is 5.32. The molecule has 5 heteroatoms. The largest absolute Gasteiger partial charge is 0.469 e. The number of aryl methyl sites for hydroxylation is 1. The highest BCUT2D eigenvalue weighted by Crippen LogP contribution is 2.05. The molecule has 1 aromatic rings. The van der Waals surface area contributed by atoms with E-state index in [-0.39, 0.29) is 12.6 Å². The average Bonchev–Trinajstić information content (AvgIpc) is 2.75. The van der Waals surface area contributed by atoms with Crippen LogP contribution in [0.5, 0.6) is 0 Å². The monoisotopic (exact) mass is 226 g/mol. The Bertz CT molecular complexity index is 311. The molecule has 1 aromatic heterocycles. The van der Waals surface area contributed by atoms with Gasteiger partial charge in [0.05, 0.1) is 6.26 Å². The fourth-order valence-electron chi connectivity index (χ4n) is 1.33. The van der Waals surface area contributed by atoms with E-state index in [2.05, 4.69) is 5.32 Å². The molecule has 2 unspecified atom stereocenters. The number of aliphatic hydroxyl groups excluding tert-OH is 1. The summed E-state index contributed by atoms with van der Waals surface area (Å²) in [6, 6.07) is 3.97. The fourth-order valence-corrected chi connectivity index (χ4v) is 1.33. The summed E-state index contributed by atoms with van der Waals surface area (Å²) >= 11 is 0. The van der Waals surface area contributed by atoms with E-state index in [0.717, 1.165) is 18.6 Å². The first kappa shape index (κ1) is 12.7. The van der Waals surface area contributed by atoms with Crippen LogP contribution in [0, 0.1) is 0 Å². The van der Waals surface area contributed by atoms with E-state index < -0.39 is 12.0 Å². The van der Waals surface area contributed by atoms with Crippen LogP contribution in [0.15, 0.2) is 22.8 Å². The molecule has 0 radical (unpaired) electrons. The van der Waals surface area contributed by atoms with Crippen LogP contribution in [-0.4, -0.2) is 29.7 Å². The zero-order chi connectivity index (χ0) is 12.0. The Hall–Kier alpha value is -1.33. The van der Waals surface area contributed by atoms with Gasteiger partial charge in [-0.25, -0.2) is 0 Å². The number of amides is 1. The number of hydrogen-bond acceptors (Lipinski definition) is 4. The molecule has 0 saturated heterocycles. The number of primary amides is 1. The van der Waals surface area contributed by atoms with Crippen LogP contribution in [0.3, 0.4) is 0 Å². The van der Waals surface area contributed by atoms with E-state index in [4.69, 9.17) is 10.2 Å². The Morgan fingerprint density at radius 2 is 2.44 bits per heavy atom. The quantitative estimate of drug-likeness (QED) is 0.612. The van der Waals surface area contributed by atoms with Crippen molar-refractivity contribution in [3.05, 3.63) is 24.2 Å². The number of nitrogens with two attached hydrogens (primary N) is 1. The third-order valence-corrected chi connectivity index (χ3v) is 2.39. The molecule has 16 heavy (non-hydrogen) atoms. The summed E-state index contributed by atoms with van der Waals surface area (Å²) < 4.78 is 5.20. The Morgan fingerprint density at radius 3 is 3.00 bits per heavy atom. The molecule has 1 rings (SSSR count). The van der Waals surface area contributed by atoms with E-state index in [1.165, 1.54) is 0 Å². The average molecular weight is 226 g/mol. The minimum Gasteiger partial charge on any atom is -0.469 e. The summed E-state index contributed by atoms with van der Waals surface area (Å²) in [5.41, 5.74) is 4.93. The summed E-state index contributed by atoms with van der Waals surface area (Å²) in [6.07, 6.45) is 2.22. The lowest BCUT2D eigenvalue weighted by atomic mass is 10.1. The lowest BCUT2D eigenvalue weighted by Gasteiger charge is -2.14. The van der Waals surface area contributed by atoms with Crippen molar-refractivity contribution in [3.63, 3.8) is 0 Å². The smallest absolute Gasteiger partial charge is 0.247 e.